The Morgan fingerprint density at radius 3 is 2.39 bits per heavy atom. The van der Waals surface area contributed by atoms with Crippen LogP contribution >= 0.6 is 12.2 Å². The van der Waals surface area contributed by atoms with Gasteiger partial charge in [0.05, 0.1) is 5.52 Å². The van der Waals surface area contributed by atoms with E-state index in [4.69, 9.17) is 12.2 Å². The molecule has 0 aliphatic heterocycles. The molecule has 2 nitrogen and oxygen atoms in total. The molecule has 3 aromatic rings. The molecule has 1 aromatic heterocycles. The molecule has 0 saturated carbocycles. The monoisotopic (exact) mass is 250 g/mol. The molecule has 1 heterocycles. The summed E-state index contributed by atoms with van der Waals surface area (Å²) >= 11 is 5.35. The number of benzene rings is 2. The number of hydrogen-bond donors (Lipinski definition) is 0. The summed E-state index contributed by atoms with van der Waals surface area (Å²) in [5.41, 5.74) is 2.62. The normalized spacial score (nSPS) is 10.4. The van der Waals surface area contributed by atoms with E-state index in [1.807, 2.05) is 60.8 Å². The SMILES string of the molecule is S=c1nc2ccccc2cnc1-c1ccccc1. The molecule has 3 heteroatoms. The van der Waals surface area contributed by atoms with Crippen LogP contribution in [0.25, 0.3) is 22.2 Å². The maximum Gasteiger partial charge on any atom is 0.153 e. The first-order valence-electron chi connectivity index (χ1n) is 5.66. The quantitative estimate of drug-likeness (QED) is 0.610. The number of rotatable bonds is 1. The minimum absolute atomic E-state index is 0.530. The first-order valence-corrected chi connectivity index (χ1v) is 6.07. The Balaban J connectivity index is 2.33. The van der Waals surface area contributed by atoms with E-state index in [9.17, 15) is 0 Å². The van der Waals surface area contributed by atoms with Crippen LogP contribution in [0.4, 0.5) is 0 Å². The first kappa shape index (κ1) is 11.0. The first-order chi connectivity index (χ1) is 8.84. The Hall–Kier alpha value is -2.13. The van der Waals surface area contributed by atoms with Gasteiger partial charge in [-0.05, 0) is 6.07 Å². The lowest BCUT2D eigenvalue weighted by Gasteiger charge is -1.95. The minimum Gasteiger partial charge on any atom is -0.252 e. The van der Waals surface area contributed by atoms with E-state index in [0.717, 1.165) is 22.2 Å². The predicted molar refractivity (Wildman–Crippen MR) is 75.8 cm³/mol. The average Bonchev–Trinajstić information content (AvgIpc) is 2.58. The van der Waals surface area contributed by atoms with Crippen LogP contribution in [0.15, 0.2) is 60.8 Å². The van der Waals surface area contributed by atoms with Crippen LogP contribution in [0, 0.1) is 4.64 Å². The van der Waals surface area contributed by atoms with Crippen molar-refractivity contribution in [3.05, 3.63) is 65.4 Å². The van der Waals surface area contributed by atoms with Gasteiger partial charge < -0.3 is 0 Å². The van der Waals surface area contributed by atoms with E-state index in [-0.39, 0.29) is 0 Å². The van der Waals surface area contributed by atoms with Gasteiger partial charge in [-0.15, -0.1) is 0 Å². The molecule has 0 saturated heterocycles. The highest BCUT2D eigenvalue weighted by Gasteiger charge is 2.01. The molecule has 86 valence electrons. The predicted octanol–water partition coefficient (Wildman–Crippen LogP) is 4.03. The molecule has 0 fully saturated rings. The zero-order chi connectivity index (χ0) is 12.4. The van der Waals surface area contributed by atoms with E-state index in [0.29, 0.717) is 4.64 Å². The maximum absolute atomic E-state index is 5.35. The van der Waals surface area contributed by atoms with Crippen LogP contribution in [0.1, 0.15) is 0 Å². The number of aromatic nitrogens is 2. The Bertz CT molecular complexity index is 754. The van der Waals surface area contributed by atoms with Crippen molar-refractivity contribution in [2.24, 2.45) is 0 Å². The summed E-state index contributed by atoms with van der Waals surface area (Å²) in [6, 6.07) is 17.7. The van der Waals surface area contributed by atoms with Crippen LogP contribution in [0.2, 0.25) is 0 Å². The van der Waals surface area contributed by atoms with Gasteiger partial charge in [-0.25, -0.2) is 4.98 Å². The third kappa shape index (κ3) is 2.00. The van der Waals surface area contributed by atoms with Gasteiger partial charge in [-0.2, -0.15) is 0 Å². The molecule has 18 heavy (non-hydrogen) atoms. The molecule has 0 aliphatic rings. The molecule has 0 atom stereocenters. The lowest BCUT2D eigenvalue weighted by atomic mass is 10.2. The van der Waals surface area contributed by atoms with E-state index in [1.54, 1.807) is 0 Å². The fourth-order valence-electron chi connectivity index (χ4n) is 1.84. The lowest BCUT2D eigenvalue weighted by molar-refractivity contribution is 1.31. The van der Waals surface area contributed by atoms with Crippen LogP contribution < -0.4 is 0 Å². The van der Waals surface area contributed by atoms with Crippen LogP contribution in [-0.4, -0.2) is 9.97 Å². The second-order valence-electron chi connectivity index (χ2n) is 3.95. The Morgan fingerprint density at radius 1 is 0.833 bits per heavy atom. The van der Waals surface area contributed by atoms with E-state index in [2.05, 4.69) is 9.97 Å². The highest BCUT2D eigenvalue weighted by Crippen LogP contribution is 2.18. The van der Waals surface area contributed by atoms with Gasteiger partial charge in [-0.1, -0.05) is 60.7 Å². The zero-order valence-electron chi connectivity index (χ0n) is 9.58. The van der Waals surface area contributed by atoms with E-state index < -0.39 is 0 Å². The van der Waals surface area contributed by atoms with Crippen molar-refractivity contribution < 1.29 is 0 Å². The average molecular weight is 250 g/mol. The van der Waals surface area contributed by atoms with Crippen molar-refractivity contribution in [1.82, 2.24) is 9.97 Å². The number of fused-ring (bicyclic) bond motifs is 1. The van der Waals surface area contributed by atoms with Gasteiger partial charge in [0.2, 0.25) is 0 Å². The molecular weight excluding hydrogens is 240 g/mol. The van der Waals surface area contributed by atoms with Crippen LogP contribution in [-0.2, 0) is 0 Å². The van der Waals surface area contributed by atoms with Crippen molar-refractivity contribution in [2.45, 2.75) is 0 Å². The second-order valence-corrected chi connectivity index (χ2v) is 4.34. The third-order valence-corrected chi connectivity index (χ3v) is 3.03. The molecule has 2 aromatic carbocycles. The van der Waals surface area contributed by atoms with Gasteiger partial charge in [0, 0.05) is 17.1 Å². The third-order valence-electron chi connectivity index (χ3n) is 2.74. The summed E-state index contributed by atoms with van der Waals surface area (Å²) in [4.78, 5) is 8.94. The van der Waals surface area contributed by atoms with Gasteiger partial charge in [0.25, 0.3) is 0 Å². The molecule has 0 spiro atoms. The van der Waals surface area contributed by atoms with Gasteiger partial charge in [0.1, 0.15) is 5.69 Å². The molecule has 0 N–H and O–H groups in total. The standard InChI is InChI=1S/C15H10N2S/c18-15-14(11-6-2-1-3-7-11)16-10-12-8-4-5-9-13(12)17-15/h1-10H. The summed E-state index contributed by atoms with van der Waals surface area (Å²) in [7, 11) is 0. The van der Waals surface area contributed by atoms with Gasteiger partial charge >= 0.3 is 0 Å². The molecule has 0 amide bonds. The lowest BCUT2D eigenvalue weighted by Crippen LogP contribution is -1.80. The topological polar surface area (TPSA) is 25.8 Å². The van der Waals surface area contributed by atoms with E-state index >= 15 is 0 Å². The molecule has 0 unspecified atom stereocenters. The zero-order valence-corrected chi connectivity index (χ0v) is 10.4. The molecule has 0 aliphatic carbocycles. The number of nitrogens with zero attached hydrogens (tertiary/aromatic N) is 2. The molecule has 0 radical (unpaired) electrons. The maximum atomic E-state index is 5.35. The van der Waals surface area contributed by atoms with E-state index in [1.165, 1.54) is 0 Å². The summed E-state index contributed by atoms with van der Waals surface area (Å²) < 4.78 is 0.530. The largest absolute Gasteiger partial charge is 0.252 e. The summed E-state index contributed by atoms with van der Waals surface area (Å²) in [6.07, 6.45) is 1.82. The smallest absolute Gasteiger partial charge is 0.153 e. The number of para-hydroxylation sites is 1. The fraction of sp³-hybridized carbons (Fsp3) is 0. The van der Waals surface area contributed by atoms with Crippen LogP contribution in [0.5, 0.6) is 0 Å². The Labute approximate surface area is 110 Å². The molecular formula is C15H10N2S. The highest BCUT2D eigenvalue weighted by atomic mass is 32.1. The van der Waals surface area contributed by atoms with Crippen molar-refractivity contribution in [1.29, 1.82) is 0 Å². The Morgan fingerprint density at radius 2 is 1.56 bits per heavy atom. The van der Waals surface area contributed by atoms with Crippen molar-refractivity contribution in [3.63, 3.8) is 0 Å². The number of hydrogen-bond acceptors (Lipinski definition) is 3. The molecule has 3 rings (SSSR count). The Kier molecular flexibility index (Phi) is 2.82. The minimum atomic E-state index is 0.530. The van der Waals surface area contributed by atoms with Crippen LogP contribution in [0.3, 0.4) is 0 Å². The van der Waals surface area contributed by atoms with Crippen molar-refractivity contribution in [3.8, 4) is 11.3 Å². The van der Waals surface area contributed by atoms with Crippen molar-refractivity contribution >= 4 is 23.1 Å². The summed E-state index contributed by atoms with van der Waals surface area (Å²) in [5.74, 6) is 0. The van der Waals surface area contributed by atoms with Crippen molar-refractivity contribution in [2.75, 3.05) is 0 Å². The highest BCUT2D eigenvalue weighted by molar-refractivity contribution is 7.71. The summed E-state index contributed by atoms with van der Waals surface area (Å²) in [6.45, 7) is 0. The fourth-order valence-corrected chi connectivity index (χ4v) is 2.11. The second kappa shape index (κ2) is 4.63. The molecule has 0 bridgehead atoms. The summed E-state index contributed by atoms with van der Waals surface area (Å²) in [5, 5.41) is 0.991. The van der Waals surface area contributed by atoms with Gasteiger partial charge in [-0.3, -0.25) is 4.98 Å². The van der Waals surface area contributed by atoms with Gasteiger partial charge in [0.15, 0.2) is 4.64 Å².